The van der Waals surface area contributed by atoms with Gasteiger partial charge >= 0.3 is 6.09 Å². The van der Waals surface area contributed by atoms with Crippen molar-refractivity contribution >= 4 is 12.0 Å². The van der Waals surface area contributed by atoms with Crippen molar-refractivity contribution in [2.75, 3.05) is 13.7 Å². The maximum absolute atomic E-state index is 14.0. The first-order valence-corrected chi connectivity index (χ1v) is 10.5. The Morgan fingerprint density at radius 2 is 1.97 bits per heavy atom. The van der Waals surface area contributed by atoms with Crippen molar-refractivity contribution in [2.24, 2.45) is 11.3 Å². The molecule has 0 spiro atoms. The smallest absolute Gasteiger partial charge is 0.417 e. The molecule has 2 atom stereocenters. The summed E-state index contributed by atoms with van der Waals surface area (Å²) in [6.45, 7) is 12.3. The van der Waals surface area contributed by atoms with Gasteiger partial charge in [-0.3, -0.25) is 9.69 Å². The molecule has 0 N–H and O–H groups in total. The number of rotatable bonds is 5. The standard InChI is InChI=1S/C25H32N2O4/c1-7-24(2,3)21-13-14-26(23(29)30-6)16-20(21)22(28)27-19(17-31-25(27,4)5)15-18-11-9-8-10-12-18/h7-14,16,19,21H,1,15,17H2,2-6H3/t19-,21+/m0/s1. The zero-order valence-electron chi connectivity index (χ0n) is 19.0. The highest BCUT2D eigenvalue weighted by molar-refractivity contribution is 5.96. The Hall–Kier alpha value is -2.86. The van der Waals surface area contributed by atoms with Crippen LogP contribution in [-0.2, 0) is 20.7 Å². The molecule has 1 aromatic rings. The van der Waals surface area contributed by atoms with Gasteiger partial charge in [-0.25, -0.2) is 4.79 Å². The molecular weight excluding hydrogens is 392 g/mol. The summed E-state index contributed by atoms with van der Waals surface area (Å²) >= 11 is 0. The summed E-state index contributed by atoms with van der Waals surface area (Å²) in [6.07, 6.45) is 7.07. The number of carbonyl (C=O) groups excluding carboxylic acids is 2. The molecule has 2 aliphatic heterocycles. The summed E-state index contributed by atoms with van der Waals surface area (Å²) < 4.78 is 10.9. The largest absolute Gasteiger partial charge is 0.452 e. The van der Waals surface area contributed by atoms with Gasteiger partial charge in [0.15, 0.2) is 0 Å². The Morgan fingerprint density at radius 1 is 1.29 bits per heavy atom. The van der Waals surface area contributed by atoms with Crippen molar-refractivity contribution in [3.05, 3.63) is 72.6 Å². The highest BCUT2D eigenvalue weighted by Gasteiger charge is 2.47. The number of nitrogens with zero attached hydrogens (tertiary/aromatic N) is 2. The molecule has 1 aromatic carbocycles. The number of hydrogen-bond acceptors (Lipinski definition) is 4. The van der Waals surface area contributed by atoms with Crippen molar-refractivity contribution in [1.82, 2.24) is 9.80 Å². The minimum absolute atomic E-state index is 0.115. The average Bonchev–Trinajstić information content (AvgIpc) is 3.06. The van der Waals surface area contributed by atoms with E-state index in [4.69, 9.17) is 9.47 Å². The number of hydrogen-bond donors (Lipinski definition) is 0. The lowest BCUT2D eigenvalue weighted by Crippen LogP contribution is -2.51. The third kappa shape index (κ3) is 4.59. The molecule has 0 bridgehead atoms. The zero-order valence-corrected chi connectivity index (χ0v) is 19.0. The molecule has 3 rings (SSSR count). The van der Waals surface area contributed by atoms with E-state index in [0.717, 1.165) is 5.56 Å². The fraction of sp³-hybridized carbons (Fsp3) is 0.440. The van der Waals surface area contributed by atoms with E-state index in [1.165, 1.54) is 12.0 Å². The first-order chi connectivity index (χ1) is 14.6. The maximum Gasteiger partial charge on any atom is 0.417 e. The van der Waals surface area contributed by atoms with Crippen LogP contribution in [0.5, 0.6) is 0 Å². The van der Waals surface area contributed by atoms with Gasteiger partial charge in [0.2, 0.25) is 0 Å². The normalized spacial score (nSPS) is 22.8. The molecule has 2 heterocycles. The van der Waals surface area contributed by atoms with Crippen LogP contribution >= 0.6 is 0 Å². The van der Waals surface area contributed by atoms with Crippen LogP contribution < -0.4 is 0 Å². The summed E-state index contributed by atoms with van der Waals surface area (Å²) in [4.78, 5) is 29.2. The Bertz CT molecular complexity index is 901. The molecule has 166 valence electrons. The van der Waals surface area contributed by atoms with E-state index in [1.807, 2.05) is 62.9 Å². The second-order valence-electron chi connectivity index (χ2n) is 9.08. The van der Waals surface area contributed by atoms with Gasteiger partial charge < -0.3 is 14.4 Å². The van der Waals surface area contributed by atoms with Gasteiger partial charge in [-0.2, -0.15) is 0 Å². The molecule has 0 aromatic heterocycles. The lowest BCUT2D eigenvalue weighted by atomic mass is 9.73. The molecule has 0 aliphatic carbocycles. The van der Waals surface area contributed by atoms with Crippen LogP contribution in [0.3, 0.4) is 0 Å². The van der Waals surface area contributed by atoms with Crippen molar-refractivity contribution in [2.45, 2.75) is 45.9 Å². The van der Waals surface area contributed by atoms with Gasteiger partial charge in [-0.05, 0) is 31.2 Å². The highest BCUT2D eigenvalue weighted by Crippen LogP contribution is 2.40. The van der Waals surface area contributed by atoms with E-state index in [1.54, 1.807) is 12.4 Å². The Labute approximate surface area is 184 Å². The van der Waals surface area contributed by atoms with Crippen LogP contribution in [0, 0.1) is 11.3 Å². The van der Waals surface area contributed by atoms with Crippen LogP contribution in [0.25, 0.3) is 0 Å². The van der Waals surface area contributed by atoms with Crippen molar-refractivity contribution in [1.29, 1.82) is 0 Å². The van der Waals surface area contributed by atoms with Crippen LogP contribution in [0.1, 0.15) is 33.3 Å². The number of carbonyl (C=O) groups is 2. The Morgan fingerprint density at radius 3 is 2.58 bits per heavy atom. The molecule has 6 nitrogen and oxygen atoms in total. The number of allylic oxidation sites excluding steroid dienone is 2. The van der Waals surface area contributed by atoms with E-state index < -0.39 is 11.8 Å². The minimum Gasteiger partial charge on any atom is -0.452 e. The molecule has 0 saturated carbocycles. The summed E-state index contributed by atoms with van der Waals surface area (Å²) in [5.41, 5.74) is 0.495. The number of benzene rings is 1. The summed E-state index contributed by atoms with van der Waals surface area (Å²) in [7, 11) is 1.32. The zero-order chi connectivity index (χ0) is 22.8. The molecule has 1 saturated heterocycles. The van der Waals surface area contributed by atoms with Gasteiger partial charge in [0.05, 0.1) is 19.8 Å². The monoisotopic (exact) mass is 424 g/mol. The van der Waals surface area contributed by atoms with E-state index in [0.29, 0.717) is 18.6 Å². The second-order valence-corrected chi connectivity index (χ2v) is 9.08. The summed E-state index contributed by atoms with van der Waals surface area (Å²) in [5.74, 6) is -0.395. The molecule has 31 heavy (non-hydrogen) atoms. The molecule has 2 amide bonds. The van der Waals surface area contributed by atoms with Gasteiger partial charge in [-0.15, -0.1) is 6.58 Å². The minimum atomic E-state index is -0.766. The SMILES string of the molecule is C=CC(C)(C)[C@@H]1C=CN(C(=O)OC)C=C1C(=O)N1[C@@H](Cc2ccccc2)COC1(C)C. The third-order valence-corrected chi connectivity index (χ3v) is 6.12. The molecule has 0 radical (unpaired) electrons. The number of methoxy groups -OCH3 is 1. The average molecular weight is 425 g/mol. The van der Waals surface area contributed by atoms with E-state index in [9.17, 15) is 9.59 Å². The van der Waals surface area contributed by atoms with Crippen LogP contribution in [0.15, 0.2) is 67.0 Å². The van der Waals surface area contributed by atoms with Crippen molar-refractivity contribution < 1.29 is 19.1 Å². The third-order valence-electron chi connectivity index (χ3n) is 6.12. The van der Waals surface area contributed by atoms with E-state index in [-0.39, 0.29) is 23.3 Å². The molecule has 6 heteroatoms. The lowest BCUT2D eigenvalue weighted by molar-refractivity contribution is -0.142. The van der Waals surface area contributed by atoms with E-state index >= 15 is 0 Å². The van der Waals surface area contributed by atoms with Gasteiger partial charge in [0.1, 0.15) is 5.72 Å². The Balaban J connectivity index is 1.98. The van der Waals surface area contributed by atoms with Gasteiger partial charge in [0, 0.05) is 23.9 Å². The molecule has 0 unspecified atom stereocenters. The number of amides is 2. The summed E-state index contributed by atoms with van der Waals surface area (Å²) in [6, 6.07) is 9.96. The first kappa shape index (κ1) is 22.8. The summed E-state index contributed by atoms with van der Waals surface area (Å²) in [5, 5.41) is 0. The van der Waals surface area contributed by atoms with Crippen molar-refractivity contribution in [3.63, 3.8) is 0 Å². The van der Waals surface area contributed by atoms with Gasteiger partial charge in [-0.1, -0.05) is 56.3 Å². The lowest BCUT2D eigenvalue weighted by Gasteiger charge is -2.39. The van der Waals surface area contributed by atoms with Crippen molar-refractivity contribution in [3.8, 4) is 0 Å². The topological polar surface area (TPSA) is 59.1 Å². The fourth-order valence-electron chi connectivity index (χ4n) is 4.21. The Kier molecular flexibility index (Phi) is 6.41. The molecule has 2 aliphatic rings. The highest BCUT2D eigenvalue weighted by atomic mass is 16.5. The molecule has 1 fully saturated rings. The first-order valence-electron chi connectivity index (χ1n) is 10.5. The predicted octanol–water partition coefficient (Wildman–Crippen LogP) is 4.50. The number of ether oxygens (including phenoxy) is 2. The quantitative estimate of drug-likeness (QED) is 0.653. The van der Waals surface area contributed by atoms with Crippen LogP contribution in [-0.4, -0.2) is 47.3 Å². The van der Waals surface area contributed by atoms with Crippen LogP contribution in [0.4, 0.5) is 4.79 Å². The second kappa shape index (κ2) is 8.71. The van der Waals surface area contributed by atoms with E-state index in [2.05, 4.69) is 18.7 Å². The predicted molar refractivity (Wildman–Crippen MR) is 120 cm³/mol. The maximum atomic E-state index is 14.0. The fourth-order valence-corrected chi connectivity index (χ4v) is 4.21. The van der Waals surface area contributed by atoms with Gasteiger partial charge in [0.25, 0.3) is 5.91 Å². The molecular formula is C25H32N2O4. The van der Waals surface area contributed by atoms with Crippen LogP contribution in [0.2, 0.25) is 0 Å².